The summed E-state index contributed by atoms with van der Waals surface area (Å²) in [6.07, 6.45) is 3.79. The molecule has 154 valence electrons. The molecule has 1 aliphatic rings. The Bertz CT molecular complexity index is 1170. The highest BCUT2D eigenvalue weighted by molar-refractivity contribution is 5.81. The van der Waals surface area contributed by atoms with Crippen LogP contribution in [0.1, 0.15) is 22.4 Å². The van der Waals surface area contributed by atoms with Gasteiger partial charge in [-0.2, -0.15) is 0 Å². The SMILES string of the molecule is Cc1cccc(C)c1CCc1cnc2c(n1)N(c1ccccc1)CN2c1ccccc1. The molecule has 0 spiro atoms. The molecule has 0 N–H and O–H groups in total. The van der Waals surface area contributed by atoms with Crippen molar-refractivity contribution in [1.29, 1.82) is 0 Å². The molecule has 3 aromatic carbocycles. The molecule has 4 heteroatoms. The molecule has 1 aliphatic heterocycles. The highest BCUT2D eigenvalue weighted by Gasteiger charge is 2.31. The summed E-state index contributed by atoms with van der Waals surface area (Å²) in [5.74, 6) is 1.83. The lowest BCUT2D eigenvalue weighted by Crippen LogP contribution is -2.24. The van der Waals surface area contributed by atoms with Crippen LogP contribution in [-0.2, 0) is 12.8 Å². The van der Waals surface area contributed by atoms with E-state index in [4.69, 9.17) is 9.97 Å². The first-order valence-corrected chi connectivity index (χ1v) is 10.8. The van der Waals surface area contributed by atoms with Gasteiger partial charge in [0.15, 0.2) is 11.6 Å². The highest BCUT2D eigenvalue weighted by Crippen LogP contribution is 2.41. The summed E-state index contributed by atoms with van der Waals surface area (Å²) >= 11 is 0. The second-order valence-electron chi connectivity index (χ2n) is 8.05. The van der Waals surface area contributed by atoms with Crippen LogP contribution in [0.2, 0.25) is 0 Å². The van der Waals surface area contributed by atoms with Crippen LogP contribution in [-0.4, -0.2) is 16.6 Å². The zero-order chi connectivity index (χ0) is 21.2. The van der Waals surface area contributed by atoms with E-state index in [9.17, 15) is 0 Å². The molecule has 0 atom stereocenters. The van der Waals surface area contributed by atoms with Gasteiger partial charge in [-0.3, -0.25) is 0 Å². The van der Waals surface area contributed by atoms with Crippen LogP contribution in [0.15, 0.2) is 85.1 Å². The largest absolute Gasteiger partial charge is 0.305 e. The van der Waals surface area contributed by atoms with Crippen LogP contribution in [0.5, 0.6) is 0 Å². The van der Waals surface area contributed by atoms with Gasteiger partial charge in [-0.05, 0) is 67.6 Å². The number of fused-ring (bicyclic) bond motifs is 1. The second kappa shape index (κ2) is 8.23. The molecular formula is C27H26N4. The lowest BCUT2D eigenvalue weighted by molar-refractivity contribution is 0.885. The number of nitrogens with zero attached hydrogens (tertiary/aromatic N) is 4. The first-order chi connectivity index (χ1) is 15.2. The quantitative estimate of drug-likeness (QED) is 0.399. The maximum Gasteiger partial charge on any atom is 0.178 e. The Morgan fingerprint density at radius 1 is 0.677 bits per heavy atom. The fourth-order valence-corrected chi connectivity index (χ4v) is 4.30. The number of para-hydroxylation sites is 2. The number of rotatable bonds is 5. The predicted octanol–water partition coefficient (Wildman–Crippen LogP) is 6.13. The van der Waals surface area contributed by atoms with Gasteiger partial charge < -0.3 is 9.80 Å². The molecule has 0 radical (unpaired) electrons. The van der Waals surface area contributed by atoms with Gasteiger partial charge in [0, 0.05) is 11.4 Å². The van der Waals surface area contributed by atoms with Crippen LogP contribution < -0.4 is 9.80 Å². The lowest BCUT2D eigenvalue weighted by Gasteiger charge is -2.20. The van der Waals surface area contributed by atoms with Crippen LogP contribution >= 0.6 is 0 Å². The van der Waals surface area contributed by atoms with E-state index in [-0.39, 0.29) is 0 Å². The third kappa shape index (κ3) is 3.77. The molecule has 31 heavy (non-hydrogen) atoms. The zero-order valence-corrected chi connectivity index (χ0v) is 18.0. The Morgan fingerprint density at radius 2 is 1.26 bits per heavy atom. The Labute approximate surface area is 183 Å². The number of hydrogen-bond donors (Lipinski definition) is 0. The summed E-state index contributed by atoms with van der Waals surface area (Å²) in [6.45, 7) is 5.07. The molecule has 2 heterocycles. The third-order valence-corrected chi connectivity index (χ3v) is 5.99. The molecule has 0 saturated heterocycles. The minimum Gasteiger partial charge on any atom is -0.305 e. The van der Waals surface area contributed by atoms with Crippen LogP contribution in [0.25, 0.3) is 0 Å². The van der Waals surface area contributed by atoms with E-state index in [1.807, 2.05) is 18.3 Å². The van der Waals surface area contributed by atoms with Crippen LogP contribution in [0.3, 0.4) is 0 Å². The first kappa shape index (κ1) is 19.3. The third-order valence-electron chi connectivity index (χ3n) is 5.99. The molecular weight excluding hydrogens is 380 g/mol. The molecule has 0 saturated carbocycles. The second-order valence-corrected chi connectivity index (χ2v) is 8.05. The smallest absolute Gasteiger partial charge is 0.178 e. The normalized spacial score (nSPS) is 12.8. The van der Waals surface area contributed by atoms with Crippen molar-refractivity contribution in [3.8, 4) is 0 Å². The average molecular weight is 407 g/mol. The molecule has 1 aromatic heterocycles. The van der Waals surface area contributed by atoms with E-state index in [0.29, 0.717) is 6.67 Å². The van der Waals surface area contributed by atoms with Gasteiger partial charge in [-0.25, -0.2) is 9.97 Å². The highest BCUT2D eigenvalue weighted by atomic mass is 15.4. The van der Waals surface area contributed by atoms with Gasteiger partial charge in [0.25, 0.3) is 0 Å². The van der Waals surface area contributed by atoms with Gasteiger partial charge in [0.05, 0.1) is 11.9 Å². The van der Waals surface area contributed by atoms with Crippen molar-refractivity contribution in [2.24, 2.45) is 0 Å². The first-order valence-electron chi connectivity index (χ1n) is 10.8. The van der Waals surface area contributed by atoms with E-state index in [1.165, 1.54) is 16.7 Å². The van der Waals surface area contributed by atoms with E-state index in [2.05, 4.69) is 90.4 Å². The number of hydrogen-bond acceptors (Lipinski definition) is 4. The molecule has 0 fully saturated rings. The van der Waals surface area contributed by atoms with Gasteiger partial charge in [-0.1, -0.05) is 54.6 Å². The van der Waals surface area contributed by atoms with Crippen molar-refractivity contribution < 1.29 is 0 Å². The Hall–Kier alpha value is -3.66. The summed E-state index contributed by atoms with van der Waals surface area (Å²) in [5, 5.41) is 0. The van der Waals surface area contributed by atoms with Gasteiger partial charge in [-0.15, -0.1) is 0 Å². The van der Waals surface area contributed by atoms with Crippen molar-refractivity contribution in [2.45, 2.75) is 26.7 Å². The average Bonchev–Trinajstić information content (AvgIpc) is 3.19. The topological polar surface area (TPSA) is 32.3 Å². The van der Waals surface area contributed by atoms with Gasteiger partial charge >= 0.3 is 0 Å². The fraction of sp³-hybridized carbons (Fsp3) is 0.185. The van der Waals surface area contributed by atoms with Gasteiger partial charge in [0.1, 0.15) is 6.67 Å². The maximum absolute atomic E-state index is 5.08. The number of aryl methyl sites for hydroxylation is 3. The number of aromatic nitrogens is 2. The molecule has 4 aromatic rings. The number of benzene rings is 3. The fourth-order valence-electron chi connectivity index (χ4n) is 4.30. The lowest BCUT2D eigenvalue weighted by atomic mass is 9.98. The van der Waals surface area contributed by atoms with Crippen molar-refractivity contribution in [1.82, 2.24) is 9.97 Å². The van der Waals surface area contributed by atoms with Gasteiger partial charge in [0.2, 0.25) is 0 Å². The Balaban J connectivity index is 1.49. The predicted molar refractivity (Wildman–Crippen MR) is 127 cm³/mol. The van der Waals surface area contributed by atoms with Crippen molar-refractivity contribution in [3.63, 3.8) is 0 Å². The van der Waals surface area contributed by atoms with E-state index in [1.54, 1.807) is 0 Å². The zero-order valence-electron chi connectivity index (χ0n) is 18.0. The molecule has 5 rings (SSSR count). The minimum absolute atomic E-state index is 0.698. The minimum atomic E-state index is 0.698. The summed E-state index contributed by atoms with van der Waals surface area (Å²) < 4.78 is 0. The Kier molecular flexibility index (Phi) is 5.13. The van der Waals surface area contributed by atoms with E-state index < -0.39 is 0 Å². The standard InChI is InChI=1S/C27H26N4/c1-20-10-9-11-21(2)25(20)17-16-22-18-28-26-27(29-22)31(24-14-7-4-8-15-24)19-30(26)23-12-5-3-6-13-23/h3-15,18H,16-17,19H2,1-2H3. The summed E-state index contributed by atoms with van der Waals surface area (Å²) in [5.41, 5.74) is 7.38. The monoisotopic (exact) mass is 406 g/mol. The summed E-state index contributed by atoms with van der Waals surface area (Å²) in [4.78, 5) is 14.4. The molecule has 0 bridgehead atoms. The van der Waals surface area contributed by atoms with Crippen LogP contribution in [0, 0.1) is 13.8 Å². The Morgan fingerprint density at radius 3 is 1.87 bits per heavy atom. The molecule has 0 aliphatic carbocycles. The molecule has 0 amide bonds. The van der Waals surface area contributed by atoms with E-state index in [0.717, 1.165) is 41.5 Å². The summed E-state index contributed by atoms with van der Waals surface area (Å²) in [7, 11) is 0. The molecule has 4 nitrogen and oxygen atoms in total. The summed E-state index contributed by atoms with van der Waals surface area (Å²) in [6, 6.07) is 27.3. The van der Waals surface area contributed by atoms with Crippen molar-refractivity contribution in [3.05, 3.63) is 107 Å². The van der Waals surface area contributed by atoms with Crippen molar-refractivity contribution >= 4 is 23.0 Å². The van der Waals surface area contributed by atoms with Crippen molar-refractivity contribution in [2.75, 3.05) is 16.5 Å². The van der Waals surface area contributed by atoms with Crippen LogP contribution in [0.4, 0.5) is 23.0 Å². The van der Waals surface area contributed by atoms with E-state index >= 15 is 0 Å². The molecule has 0 unspecified atom stereocenters. The number of anilines is 4. The maximum atomic E-state index is 5.08.